The van der Waals surface area contributed by atoms with Crippen molar-refractivity contribution in [3.05, 3.63) is 59.7 Å². The molecule has 0 bridgehead atoms. The molecule has 0 spiro atoms. The van der Waals surface area contributed by atoms with E-state index in [-0.39, 0.29) is 49.9 Å². The van der Waals surface area contributed by atoms with Crippen LogP contribution < -0.4 is 5.32 Å². The van der Waals surface area contributed by atoms with Crippen LogP contribution in [0.1, 0.15) is 69.9 Å². The highest BCUT2D eigenvalue weighted by atomic mass is 16.5. The summed E-state index contributed by atoms with van der Waals surface area (Å²) >= 11 is 0. The lowest BCUT2D eigenvalue weighted by atomic mass is 9.98. The third kappa shape index (κ3) is 6.84. The van der Waals surface area contributed by atoms with Gasteiger partial charge in [0.25, 0.3) is 0 Å². The van der Waals surface area contributed by atoms with Gasteiger partial charge in [-0.25, -0.2) is 4.79 Å². The van der Waals surface area contributed by atoms with Gasteiger partial charge in [0.1, 0.15) is 6.61 Å². The van der Waals surface area contributed by atoms with E-state index >= 15 is 0 Å². The summed E-state index contributed by atoms with van der Waals surface area (Å²) in [7, 11) is 0. The van der Waals surface area contributed by atoms with Crippen LogP contribution in [0.4, 0.5) is 4.79 Å². The summed E-state index contributed by atoms with van der Waals surface area (Å²) in [6.45, 7) is 6.14. The van der Waals surface area contributed by atoms with Crippen molar-refractivity contribution < 1.29 is 24.2 Å². The number of carbonyl (C=O) groups is 3. The Bertz CT molecular complexity index is 990. The Kier molecular flexibility index (Phi) is 9.29. The van der Waals surface area contributed by atoms with Crippen LogP contribution in [0.3, 0.4) is 0 Å². The Morgan fingerprint density at radius 1 is 1.03 bits per heavy atom. The molecule has 2 aromatic rings. The monoisotopic (exact) mass is 480 g/mol. The minimum Gasteiger partial charge on any atom is -0.481 e. The van der Waals surface area contributed by atoms with Crippen LogP contribution in [0.25, 0.3) is 11.1 Å². The van der Waals surface area contributed by atoms with Crippen LogP contribution in [0.2, 0.25) is 0 Å². The second-order valence-corrected chi connectivity index (χ2v) is 9.34. The summed E-state index contributed by atoms with van der Waals surface area (Å²) in [5.41, 5.74) is 4.62. The molecule has 7 nitrogen and oxygen atoms in total. The molecule has 1 atom stereocenters. The number of hydrogen-bond donors (Lipinski definition) is 2. The van der Waals surface area contributed by atoms with E-state index < -0.39 is 12.1 Å². The normalized spacial score (nSPS) is 13.1. The molecule has 0 unspecified atom stereocenters. The van der Waals surface area contributed by atoms with Gasteiger partial charge in [0.2, 0.25) is 5.91 Å². The highest BCUT2D eigenvalue weighted by Crippen LogP contribution is 2.44. The lowest BCUT2D eigenvalue weighted by molar-refractivity contribution is -0.139. The number of carboxylic acid groups (broad SMARTS) is 1. The van der Waals surface area contributed by atoms with Gasteiger partial charge in [-0.05, 0) is 42.5 Å². The lowest BCUT2D eigenvalue weighted by Crippen LogP contribution is -2.44. The van der Waals surface area contributed by atoms with Gasteiger partial charge in [-0.1, -0.05) is 68.3 Å². The van der Waals surface area contributed by atoms with E-state index in [2.05, 4.69) is 36.5 Å². The zero-order valence-corrected chi connectivity index (χ0v) is 20.8. The Balaban J connectivity index is 1.62. The minimum absolute atomic E-state index is 0.0312. The largest absolute Gasteiger partial charge is 0.481 e. The van der Waals surface area contributed by atoms with Crippen LogP contribution in [-0.2, 0) is 14.3 Å². The number of ether oxygens (including phenoxy) is 1. The van der Waals surface area contributed by atoms with Crippen LogP contribution in [0.5, 0.6) is 0 Å². The van der Waals surface area contributed by atoms with Crippen molar-refractivity contribution in [3.8, 4) is 11.1 Å². The smallest absolute Gasteiger partial charge is 0.407 e. The molecular formula is C28H36N2O5. The Morgan fingerprint density at radius 3 is 2.17 bits per heavy atom. The first-order valence-electron chi connectivity index (χ1n) is 12.4. The highest BCUT2D eigenvalue weighted by molar-refractivity contribution is 5.80. The van der Waals surface area contributed by atoms with Crippen molar-refractivity contribution in [2.75, 3.05) is 13.2 Å². The van der Waals surface area contributed by atoms with Gasteiger partial charge in [-0.2, -0.15) is 0 Å². The SMILES string of the molecule is CCCC[C@H](CC(=O)N(CCC(=O)O)C(C)C)NC(=O)OCC1c2ccccc2-c2ccccc21. The zero-order chi connectivity index (χ0) is 25.4. The second-order valence-electron chi connectivity index (χ2n) is 9.34. The zero-order valence-electron chi connectivity index (χ0n) is 20.8. The predicted octanol–water partition coefficient (Wildman–Crippen LogP) is 5.19. The van der Waals surface area contributed by atoms with Gasteiger partial charge in [-0.15, -0.1) is 0 Å². The molecule has 35 heavy (non-hydrogen) atoms. The summed E-state index contributed by atoms with van der Waals surface area (Å²) in [6.07, 6.45) is 1.91. The van der Waals surface area contributed by atoms with Crippen molar-refractivity contribution in [3.63, 3.8) is 0 Å². The quantitative estimate of drug-likeness (QED) is 0.436. The molecule has 0 aliphatic heterocycles. The predicted molar refractivity (Wildman–Crippen MR) is 135 cm³/mol. The van der Waals surface area contributed by atoms with Crippen LogP contribution in [-0.4, -0.2) is 53.2 Å². The van der Waals surface area contributed by atoms with Crippen LogP contribution in [0, 0.1) is 0 Å². The molecule has 2 N–H and O–H groups in total. The first-order chi connectivity index (χ1) is 16.8. The van der Waals surface area contributed by atoms with Gasteiger partial charge in [0, 0.05) is 31.0 Å². The van der Waals surface area contributed by atoms with Gasteiger partial charge in [0.05, 0.1) is 6.42 Å². The Hall–Kier alpha value is -3.35. The highest BCUT2D eigenvalue weighted by Gasteiger charge is 2.29. The molecule has 0 heterocycles. The molecule has 0 fully saturated rings. The number of carboxylic acids is 1. The van der Waals surface area contributed by atoms with Crippen LogP contribution in [0.15, 0.2) is 48.5 Å². The first-order valence-corrected chi connectivity index (χ1v) is 12.4. The number of unbranched alkanes of at least 4 members (excludes halogenated alkanes) is 1. The van der Waals surface area contributed by atoms with Gasteiger partial charge in [-0.3, -0.25) is 9.59 Å². The molecule has 0 aromatic heterocycles. The number of nitrogens with zero attached hydrogens (tertiary/aromatic N) is 1. The van der Waals surface area contributed by atoms with E-state index in [1.54, 1.807) is 4.90 Å². The van der Waals surface area contributed by atoms with E-state index in [1.165, 1.54) is 11.1 Å². The number of nitrogens with one attached hydrogen (secondary N) is 1. The minimum atomic E-state index is -0.942. The van der Waals surface area contributed by atoms with E-state index in [4.69, 9.17) is 9.84 Å². The van der Waals surface area contributed by atoms with Crippen molar-refractivity contribution >= 4 is 18.0 Å². The molecular weight excluding hydrogens is 444 g/mol. The summed E-state index contributed by atoms with van der Waals surface area (Å²) < 4.78 is 5.67. The number of aliphatic carboxylic acids is 1. The maximum Gasteiger partial charge on any atom is 0.407 e. The molecule has 0 saturated heterocycles. The van der Waals surface area contributed by atoms with Crippen molar-refractivity contribution in [2.24, 2.45) is 0 Å². The molecule has 2 amide bonds. The average molecular weight is 481 g/mol. The van der Waals surface area contributed by atoms with Gasteiger partial charge < -0.3 is 20.1 Å². The van der Waals surface area contributed by atoms with Crippen molar-refractivity contribution in [1.29, 1.82) is 0 Å². The number of amides is 2. The van der Waals surface area contributed by atoms with E-state index in [0.717, 1.165) is 24.0 Å². The van der Waals surface area contributed by atoms with E-state index in [9.17, 15) is 14.4 Å². The number of hydrogen-bond acceptors (Lipinski definition) is 4. The average Bonchev–Trinajstić information content (AvgIpc) is 3.14. The Labute approximate surface area is 207 Å². The van der Waals surface area contributed by atoms with E-state index in [0.29, 0.717) is 6.42 Å². The molecule has 1 aliphatic rings. The lowest BCUT2D eigenvalue weighted by Gasteiger charge is -2.28. The van der Waals surface area contributed by atoms with Crippen molar-refractivity contribution in [1.82, 2.24) is 10.2 Å². The third-order valence-corrected chi connectivity index (χ3v) is 6.50. The maximum absolute atomic E-state index is 12.9. The summed E-state index contributed by atoms with van der Waals surface area (Å²) in [5.74, 6) is -1.14. The summed E-state index contributed by atoms with van der Waals surface area (Å²) in [6, 6.07) is 15.8. The summed E-state index contributed by atoms with van der Waals surface area (Å²) in [4.78, 5) is 38.2. The maximum atomic E-state index is 12.9. The fraction of sp³-hybridized carbons (Fsp3) is 0.464. The molecule has 1 aliphatic carbocycles. The number of carbonyl (C=O) groups excluding carboxylic acids is 2. The van der Waals surface area contributed by atoms with E-state index in [1.807, 2.05) is 38.1 Å². The van der Waals surface area contributed by atoms with Crippen LogP contribution >= 0.6 is 0 Å². The fourth-order valence-corrected chi connectivity index (χ4v) is 4.70. The topological polar surface area (TPSA) is 95.9 Å². The van der Waals surface area contributed by atoms with Gasteiger partial charge in [0.15, 0.2) is 0 Å². The molecule has 0 saturated carbocycles. The molecule has 0 radical (unpaired) electrons. The van der Waals surface area contributed by atoms with Gasteiger partial charge >= 0.3 is 12.1 Å². The standard InChI is InChI=1S/C28H36N2O5/c1-4-5-10-20(17-26(31)30(19(2)3)16-15-27(32)33)29-28(34)35-18-25-23-13-8-6-11-21(23)22-12-7-9-14-24(22)25/h6-9,11-14,19-20,25H,4-5,10,15-18H2,1-3H3,(H,29,34)(H,32,33)/t20-/m1/s1. The Morgan fingerprint density at radius 2 is 1.63 bits per heavy atom. The second kappa shape index (κ2) is 12.4. The molecule has 7 heteroatoms. The third-order valence-electron chi connectivity index (χ3n) is 6.50. The fourth-order valence-electron chi connectivity index (χ4n) is 4.70. The first kappa shape index (κ1) is 26.3. The number of rotatable bonds is 12. The molecule has 188 valence electrons. The molecule has 3 rings (SSSR count). The number of benzene rings is 2. The number of fused-ring (bicyclic) bond motifs is 3. The molecule has 2 aromatic carbocycles. The summed E-state index contributed by atoms with van der Waals surface area (Å²) in [5, 5.41) is 11.9. The number of alkyl carbamates (subject to hydrolysis) is 1. The van der Waals surface area contributed by atoms with Crippen molar-refractivity contribution in [2.45, 2.75) is 70.9 Å².